The highest BCUT2D eigenvalue weighted by molar-refractivity contribution is 6.10. The predicted octanol–water partition coefficient (Wildman–Crippen LogP) is 3.92. The van der Waals surface area contributed by atoms with Gasteiger partial charge in [0, 0.05) is 42.2 Å². The first kappa shape index (κ1) is 23.9. The summed E-state index contributed by atoms with van der Waals surface area (Å²) in [7, 11) is 3.47. The molecule has 0 aliphatic carbocycles. The lowest BCUT2D eigenvalue weighted by molar-refractivity contribution is 0.0906. The lowest BCUT2D eigenvalue weighted by Crippen LogP contribution is -2.22. The van der Waals surface area contributed by atoms with E-state index in [9.17, 15) is 5.11 Å². The second kappa shape index (κ2) is 9.94. The zero-order chi connectivity index (χ0) is 25.0. The Bertz CT molecular complexity index is 1400. The molecule has 9 heteroatoms. The highest BCUT2D eigenvalue weighted by Gasteiger charge is 2.12. The third-order valence-electron chi connectivity index (χ3n) is 5.38. The maximum atomic E-state index is 9.89. The van der Waals surface area contributed by atoms with Gasteiger partial charge in [-0.05, 0) is 55.1 Å². The van der Waals surface area contributed by atoms with Gasteiger partial charge < -0.3 is 20.9 Å². The summed E-state index contributed by atoms with van der Waals surface area (Å²) in [5.41, 5.74) is 8.34. The number of rotatable bonds is 8. The van der Waals surface area contributed by atoms with Gasteiger partial charge in [0.25, 0.3) is 0 Å². The lowest BCUT2D eigenvalue weighted by atomic mass is 10.0. The number of pyridine rings is 1. The Balaban J connectivity index is 1.60. The number of ether oxygens (including phenoxy) is 1. The SMILES string of the molecule is COc1cc(-c2ncnn2C)ccc1Nc1cc2cc(C(C=NCC(C)(C)O)=CN)ccc2cn1. The Hall–Kier alpha value is -4.24. The van der Waals surface area contributed by atoms with Crippen molar-refractivity contribution in [2.24, 2.45) is 17.8 Å². The van der Waals surface area contributed by atoms with Crippen molar-refractivity contribution >= 4 is 34.1 Å². The van der Waals surface area contributed by atoms with Gasteiger partial charge in [0.05, 0.1) is 24.9 Å². The molecular weight excluding hydrogens is 442 g/mol. The minimum atomic E-state index is -0.876. The lowest BCUT2D eigenvalue weighted by Gasteiger charge is -2.13. The van der Waals surface area contributed by atoms with Gasteiger partial charge in [0.15, 0.2) is 5.82 Å². The first-order chi connectivity index (χ1) is 16.8. The fourth-order valence-corrected chi connectivity index (χ4v) is 3.60. The topological polar surface area (TPSA) is 123 Å². The molecule has 0 spiro atoms. The molecule has 35 heavy (non-hydrogen) atoms. The Labute approximate surface area is 204 Å². The quantitative estimate of drug-likeness (QED) is 0.333. The summed E-state index contributed by atoms with van der Waals surface area (Å²) in [4.78, 5) is 13.2. The molecule has 0 aliphatic heterocycles. The van der Waals surface area contributed by atoms with Crippen LogP contribution in [-0.4, -0.2) is 50.3 Å². The van der Waals surface area contributed by atoms with E-state index in [4.69, 9.17) is 10.5 Å². The van der Waals surface area contributed by atoms with Crippen LogP contribution in [0.1, 0.15) is 19.4 Å². The van der Waals surface area contributed by atoms with E-state index in [1.165, 1.54) is 12.5 Å². The van der Waals surface area contributed by atoms with Gasteiger partial charge in [0.2, 0.25) is 0 Å². The van der Waals surface area contributed by atoms with Crippen molar-refractivity contribution in [2.45, 2.75) is 19.4 Å². The number of anilines is 2. The summed E-state index contributed by atoms with van der Waals surface area (Å²) in [6, 6.07) is 13.8. The van der Waals surface area contributed by atoms with E-state index in [1.54, 1.807) is 31.9 Å². The molecule has 4 rings (SSSR count). The van der Waals surface area contributed by atoms with Gasteiger partial charge in [0.1, 0.15) is 17.9 Å². The van der Waals surface area contributed by atoms with Crippen molar-refractivity contribution in [3.8, 4) is 17.1 Å². The van der Waals surface area contributed by atoms with Crippen molar-refractivity contribution in [1.82, 2.24) is 19.7 Å². The Kier molecular flexibility index (Phi) is 6.79. The first-order valence-corrected chi connectivity index (χ1v) is 11.1. The molecule has 0 radical (unpaired) electrons. The Morgan fingerprint density at radius 1 is 1.17 bits per heavy atom. The molecule has 2 aromatic heterocycles. The maximum absolute atomic E-state index is 9.89. The number of hydrogen-bond acceptors (Lipinski definition) is 8. The normalized spacial score (nSPS) is 12.4. The van der Waals surface area contributed by atoms with Gasteiger partial charge in [-0.3, -0.25) is 4.99 Å². The van der Waals surface area contributed by atoms with Gasteiger partial charge in [-0.1, -0.05) is 12.1 Å². The average Bonchev–Trinajstić information content (AvgIpc) is 3.27. The molecule has 0 atom stereocenters. The van der Waals surface area contributed by atoms with Crippen molar-refractivity contribution < 1.29 is 9.84 Å². The largest absolute Gasteiger partial charge is 0.495 e. The summed E-state index contributed by atoms with van der Waals surface area (Å²) in [6.07, 6.45) is 6.53. The Morgan fingerprint density at radius 3 is 2.69 bits per heavy atom. The highest BCUT2D eigenvalue weighted by Crippen LogP contribution is 2.32. The Morgan fingerprint density at radius 2 is 2.00 bits per heavy atom. The summed E-state index contributed by atoms with van der Waals surface area (Å²) in [5.74, 6) is 2.09. The number of nitrogens with zero attached hydrogens (tertiary/aromatic N) is 5. The molecule has 4 aromatic rings. The zero-order valence-electron chi connectivity index (χ0n) is 20.2. The van der Waals surface area contributed by atoms with E-state index in [0.29, 0.717) is 11.6 Å². The molecule has 2 heterocycles. The molecule has 0 aliphatic rings. The van der Waals surface area contributed by atoms with Crippen LogP contribution in [0, 0.1) is 0 Å². The van der Waals surface area contributed by atoms with Crippen LogP contribution in [0.3, 0.4) is 0 Å². The van der Waals surface area contributed by atoms with Crippen LogP contribution in [0.25, 0.3) is 27.7 Å². The number of aliphatic imine (C=N–C) groups is 1. The molecule has 0 saturated heterocycles. The van der Waals surface area contributed by atoms with Crippen LogP contribution >= 0.6 is 0 Å². The molecular formula is C26H29N7O2. The molecule has 4 N–H and O–H groups in total. The summed E-state index contributed by atoms with van der Waals surface area (Å²) < 4.78 is 7.32. The summed E-state index contributed by atoms with van der Waals surface area (Å²) >= 11 is 0. The third-order valence-corrected chi connectivity index (χ3v) is 5.38. The van der Waals surface area contributed by atoms with Crippen LogP contribution in [0.15, 0.2) is 66.2 Å². The second-order valence-electron chi connectivity index (χ2n) is 8.78. The van der Waals surface area contributed by atoms with Crippen molar-refractivity contribution in [2.75, 3.05) is 19.0 Å². The van der Waals surface area contributed by atoms with E-state index in [1.807, 2.05) is 55.7 Å². The van der Waals surface area contributed by atoms with Gasteiger partial charge in [-0.25, -0.2) is 14.6 Å². The van der Waals surface area contributed by atoms with E-state index in [-0.39, 0.29) is 6.54 Å². The van der Waals surface area contributed by atoms with Crippen LogP contribution in [0.5, 0.6) is 5.75 Å². The number of hydrogen-bond donors (Lipinski definition) is 3. The van der Waals surface area contributed by atoms with Gasteiger partial charge >= 0.3 is 0 Å². The van der Waals surface area contributed by atoms with Crippen molar-refractivity contribution in [3.05, 3.63) is 66.8 Å². The monoisotopic (exact) mass is 471 g/mol. The molecule has 9 nitrogen and oxygen atoms in total. The predicted molar refractivity (Wildman–Crippen MR) is 140 cm³/mol. The smallest absolute Gasteiger partial charge is 0.157 e. The van der Waals surface area contributed by atoms with Gasteiger partial charge in [-0.15, -0.1) is 0 Å². The maximum Gasteiger partial charge on any atom is 0.157 e. The van der Waals surface area contributed by atoms with Crippen LogP contribution in [0.4, 0.5) is 11.5 Å². The minimum Gasteiger partial charge on any atom is -0.495 e. The molecule has 0 unspecified atom stereocenters. The highest BCUT2D eigenvalue weighted by atomic mass is 16.5. The van der Waals surface area contributed by atoms with Crippen molar-refractivity contribution in [3.63, 3.8) is 0 Å². The number of nitrogens with one attached hydrogen (secondary N) is 1. The van der Waals surface area contributed by atoms with Crippen LogP contribution in [-0.2, 0) is 7.05 Å². The third kappa shape index (κ3) is 5.64. The molecule has 2 aromatic carbocycles. The fraction of sp³-hybridized carbons (Fsp3) is 0.231. The van der Waals surface area contributed by atoms with Crippen LogP contribution in [0.2, 0.25) is 0 Å². The van der Waals surface area contributed by atoms with Crippen molar-refractivity contribution in [1.29, 1.82) is 0 Å². The number of nitrogens with two attached hydrogens (primary N) is 1. The summed E-state index contributed by atoms with van der Waals surface area (Å²) in [5, 5.41) is 19.3. The number of allylic oxidation sites excluding steroid dienone is 1. The van der Waals surface area contributed by atoms with Crippen LogP contribution < -0.4 is 15.8 Å². The average molecular weight is 472 g/mol. The summed E-state index contributed by atoms with van der Waals surface area (Å²) in [6.45, 7) is 3.71. The van der Waals surface area contributed by atoms with Gasteiger partial charge in [-0.2, -0.15) is 5.10 Å². The molecule has 180 valence electrons. The van der Waals surface area contributed by atoms with E-state index in [2.05, 4.69) is 25.4 Å². The molecule has 0 amide bonds. The minimum absolute atomic E-state index is 0.285. The van der Waals surface area contributed by atoms with E-state index < -0.39 is 5.60 Å². The standard InChI is InChI=1S/C26H29N7O2/c1-26(2,34)15-28-13-21(12-27)17-5-6-19-14-29-24(11-20(19)9-17)32-22-8-7-18(10-23(22)35-4)25-30-16-31-33(25)3/h5-14,16,34H,15,27H2,1-4H3,(H,29,32). The number of aryl methyl sites for hydroxylation is 1. The van der Waals surface area contributed by atoms with E-state index >= 15 is 0 Å². The fourth-order valence-electron chi connectivity index (χ4n) is 3.60. The number of benzene rings is 2. The molecule has 0 bridgehead atoms. The number of methoxy groups -OCH3 is 1. The van der Waals surface area contributed by atoms with E-state index in [0.717, 1.165) is 39.0 Å². The zero-order valence-corrected chi connectivity index (χ0v) is 20.2. The second-order valence-corrected chi connectivity index (χ2v) is 8.78. The first-order valence-electron chi connectivity index (χ1n) is 11.1. The molecule has 0 saturated carbocycles. The molecule has 0 fully saturated rings. The number of aliphatic hydroxyl groups is 1. The number of fused-ring (bicyclic) bond motifs is 1. The number of aromatic nitrogens is 4.